The van der Waals surface area contributed by atoms with Crippen LogP contribution in [0, 0.1) is 5.82 Å². The molecule has 0 aliphatic heterocycles. The average Bonchev–Trinajstić information content (AvgIpc) is 2.47. The molecule has 1 N–H and O–H groups in total. The molecule has 0 bridgehead atoms. The molecule has 1 aromatic carbocycles. The van der Waals surface area contributed by atoms with Crippen LogP contribution in [0.25, 0.3) is 11.3 Å². The summed E-state index contributed by atoms with van der Waals surface area (Å²) >= 11 is 5.40. The molecule has 1 aromatic heterocycles. The Morgan fingerprint density at radius 1 is 1.40 bits per heavy atom. The van der Waals surface area contributed by atoms with Crippen LogP contribution < -0.4 is 10.1 Å². The predicted molar refractivity (Wildman–Crippen MR) is 73.3 cm³/mol. The van der Waals surface area contributed by atoms with Crippen LogP contribution in [0.5, 0.6) is 5.75 Å². The molecule has 0 aliphatic rings. The molecular formula is C13H11ClFN3O2. The maximum absolute atomic E-state index is 13.3. The zero-order valence-corrected chi connectivity index (χ0v) is 11.3. The fourth-order valence-corrected chi connectivity index (χ4v) is 1.70. The zero-order chi connectivity index (χ0) is 14.5. The second-order valence-corrected chi connectivity index (χ2v) is 4.08. The lowest BCUT2D eigenvalue weighted by atomic mass is 10.1. The smallest absolute Gasteiger partial charge is 0.240 e. The topological polar surface area (TPSA) is 64.1 Å². The van der Waals surface area contributed by atoms with E-state index in [-0.39, 0.29) is 17.6 Å². The van der Waals surface area contributed by atoms with E-state index in [9.17, 15) is 9.18 Å². The lowest BCUT2D eigenvalue weighted by Crippen LogP contribution is -2.13. The number of carbonyl (C=O) groups excluding carboxylic acids is 1. The Morgan fingerprint density at radius 2 is 2.20 bits per heavy atom. The van der Waals surface area contributed by atoms with Gasteiger partial charge >= 0.3 is 0 Å². The molecule has 1 amide bonds. The Bertz CT molecular complexity index is 637. The molecule has 5 nitrogen and oxygen atoms in total. The third kappa shape index (κ3) is 3.21. The maximum Gasteiger partial charge on any atom is 0.240 e. The Balaban J connectivity index is 2.40. The van der Waals surface area contributed by atoms with Crippen molar-refractivity contribution in [3.05, 3.63) is 36.4 Å². The number of amides is 1. The van der Waals surface area contributed by atoms with Crippen molar-refractivity contribution in [2.75, 3.05) is 18.3 Å². The molecule has 0 fully saturated rings. The number of rotatable bonds is 4. The van der Waals surface area contributed by atoms with Gasteiger partial charge < -0.3 is 10.1 Å². The number of nitrogens with zero attached hydrogens (tertiary/aromatic N) is 2. The molecule has 2 rings (SSSR count). The first-order valence-electron chi connectivity index (χ1n) is 5.66. The van der Waals surface area contributed by atoms with Gasteiger partial charge in [-0.05, 0) is 18.2 Å². The van der Waals surface area contributed by atoms with Crippen LogP contribution >= 0.6 is 11.6 Å². The highest BCUT2D eigenvalue weighted by atomic mass is 35.5. The minimum atomic E-state index is -0.411. The van der Waals surface area contributed by atoms with Crippen LogP contribution in [-0.2, 0) is 4.79 Å². The van der Waals surface area contributed by atoms with Crippen LogP contribution in [0.2, 0.25) is 0 Å². The number of benzene rings is 1. The van der Waals surface area contributed by atoms with E-state index in [0.29, 0.717) is 17.0 Å². The number of hydrogen-bond acceptors (Lipinski definition) is 4. The van der Waals surface area contributed by atoms with E-state index in [1.165, 1.54) is 37.7 Å². The SMILES string of the molecule is COc1ccc(F)cc1-c1cc(NC(=O)CCl)ncn1. The molecule has 104 valence electrons. The number of methoxy groups -OCH3 is 1. The first kappa shape index (κ1) is 14.2. The summed E-state index contributed by atoms with van der Waals surface area (Å²) in [4.78, 5) is 19.2. The standard InChI is InChI=1S/C13H11ClFN3O2/c1-20-11-3-2-8(15)4-9(11)10-5-12(17-7-16-10)18-13(19)6-14/h2-5,7H,6H2,1H3,(H,16,17,18,19). The Kier molecular flexibility index (Phi) is 4.47. The van der Waals surface area contributed by atoms with E-state index in [1.54, 1.807) is 0 Å². The summed E-state index contributed by atoms with van der Waals surface area (Å²) in [5, 5.41) is 2.50. The van der Waals surface area contributed by atoms with E-state index in [4.69, 9.17) is 16.3 Å². The number of ether oxygens (including phenoxy) is 1. The van der Waals surface area contributed by atoms with Gasteiger partial charge in [0, 0.05) is 11.6 Å². The van der Waals surface area contributed by atoms with Crippen LogP contribution in [0.1, 0.15) is 0 Å². The van der Waals surface area contributed by atoms with Gasteiger partial charge in [-0.2, -0.15) is 0 Å². The average molecular weight is 296 g/mol. The second-order valence-electron chi connectivity index (χ2n) is 3.81. The van der Waals surface area contributed by atoms with E-state index < -0.39 is 5.82 Å². The normalized spacial score (nSPS) is 10.2. The van der Waals surface area contributed by atoms with Gasteiger partial charge in [0.15, 0.2) is 0 Å². The van der Waals surface area contributed by atoms with Crippen LogP contribution in [0.3, 0.4) is 0 Å². The predicted octanol–water partition coefficient (Wildman–Crippen LogP) is 2.47. The minimum absolute atomic E-state index is 0.178. The first-order chi connectivity index (χ1) is 9.63. The Hall–Kier alpha value is -2.21. The number of carbonyl (C=O) groups is 1. The van der Waals surface area contributed by atoms with Crippen LogP contribution in [0.15, 0.2) is 30.6 Å². The lowest BCUT2D eigenvalue weighted by molar-refractivity contribution is -0.113. The van der Waals surface area contributed by atoms with Crippen molar-refractivity contribution in [1.29, 1.82) is 0 Å². The molecule has 0 atom stereocenters. The summed E-state index contributed by atoms with van der Waals surface area (Å²) in [5.41, 5.74) is 0.900. The summed E-state index contributed by atoms with van der Waals surface area (Å²) in [5.74, 6) is -0.220. The Labute approximate surface area is 119 Å². The summed E-state index contributed by atoms with van der Waals surface area (Å²) in [7, 11) is 1.48. The molecule has 1 heterocycles. The second kappa shape index (κ2) is 6.29. The van der Waals surface area contributed by atoms with E-state index in [1.807, 2.05) is 0 Å². The van der Waals surface area contributed by atoms with E-state index in [2.05, 4.69) is 15.3 Å². The fraction of sp³-hybridized carbons (Fsp3) is 0.154. The van der Waals surface area contributed by atoms with E-state index >= 15 is 0 Å². The van der Waals surface area contributed by atoms with Gasteiger partial charge in [0.1, 0.15) is 29.6 Å². The lowest BCUT2D eigenvalue weighted by Gasteiger charge is -2.09. The largest absolute Gasteiger partial charge is 0.496 e. The fourth-order valence-electron chi connectivity index (χ4n) is 1.63. The minimum Gasteiger partial charge on any atom is -0.496 e. The van der Waals surface area contributed by atoms with Crippen molar-refractivity contribution in [1.82, 2.24) is 9.97 Å². The van der Waals surface area contributed by atoms with Crippen molar-refractivity contribution in [3.63, 3.8) is 0 Å². The zero-order valence-electron chi connectivity index (χ0n) is 10.6. The molecule has 20 heavy (non-hydrogen) atoms. The highest BCUT2D eigenvalue weighted by Gasteiger charge is 2.10. The summed E-state index contributed by atoms with van der Waals surface area (Å²) in [6.07, 6.45) is 1.27. The molecule has 0 aliphatic carbocycles. The summed E-state index contributed by atoms with van der Waals surface area (Å²) < 4.78 is 18.5. The summed E-state index contributed by atoms with van der Waals surface area (Å²) in [6, 6.07) is 5.61. The third-order valence-corrected chi connectivity index (χ3v) is 2.74. The van der Waals surface area contributed by atoms with Crippen molar-refractivity contribution in [2.24, 2.45) is 0 Å². The highest BCUT2D eigenvalue weighted by Crippen LogP contribution is 2.29. The number of nitrogens with one attached hydrogen (secondary N) is 1. The number of halogens is 2. The number of alkyl halides is 1. The molecule has 0 saturated carbocycles. The molecule has 0 radical (unpaired) electrons. The van der Waals surface area contributed by atoms with Crippen molar-refractivity contribution >= 4 is 23.3 Å². The number of aromatic nitrogens is 2. The van der Waals surface area contributed by atoms with Gasteiger partial charge in [0.05, 0.1) is 12.8 Å². The molecule has 0 unspecified atom stereocenters. The molecule has 7 heteroatoms. The molecular weight excluding hydrogens is 285 g/mol. The van der Waals surface area contributed by atoms with Crippen LogP contribution in [-0.4, -0.2) is 28.9 Å². The van der Waals surface area contributed by atoms with Crippen molar-refractivity contribution in [2.45, 2.75) is 0 Å². The van der Waals surface area contributed by atoms with Crippen molar-refractivity contribution < 1.29 is 13.9 Å². The molecule has 0 saturated heterocycles. The van der Waals surface area contributed by atoms with Gasteiger partial charge in [-0.3, -0.25) is 4.79 Å². The van der Waals surface area contributed by atoms with Gasteiger partial charge in [0.2, 0.25) is 5.91 Å². The van der Waals surface area contributed by atoms with Crippen molar-refractivity contribution in [3.8, 4) is 17.0 Å². The quantitative estimate of drug-likeness (QED) is 0.880. The van der Waals surface area contributed by atoms with Crippen LogP contribution in [0.4, 0.5) is 10.2 Å². The monoisotopic (exact) mass is 295 g/mol. The summed E-state index contributed by atoms with van der Waals surface area (Å²) in [6.45, 7) is 0. The first-order valence-corrected chi connectivity index (χ1v) is 6.19. The van der Waals surface area contributed by atoms with E-state index in [0.717, 1.165) is 0 Å². The van der Waals surface area contributed by atoms with Gasteiger partial charge in [-0.1, -0.05) is 0 Å². The van der Waals surface area contributed by atoms with Gasteiger partial charge in [-0.15, -0.1) is 11.6 Å². The third-order valence-electron chi connectivity index (χ3n) is 2.49. The number of hydrogen-bond donors (Lipinski definition) is 1. The molecule has 2 aromatic rings. The molecule has 0 spiro atoms. The van der Waals surface area contributed by atoms with Gasteiger partial charge in [0.25, 0.3) is 0 Å². The highest BCUT2D eigenvalue weighted by molar-refractivity contribution is 6.29. The Morgan fingerprint density at radius 3 is 2.90 bits per heavy atom. The number of anilines is 1. The van der Waals surface area contributed by atoms with Gasteiger partial charge in [-0.25, -0.2) is 14.4 Å². The maximum atomic E-state index is 13.3.